The van der Waals surface area contributed by atoms with Crippen LogP contribution in [-0.4, -0.2) is 12.1 Å². The summed E-state index contributed by atoms with van der Waals surface area (Å²) in [6.45, 7) is 2.04. The average molecular weight is 252 g/mol. The van der Waals surface area contributed by atoms with Crippen molar-refractivity contribution in [2.24, 2.45) is 0 Å². The zero-order chi connectivity index (χ0) is 10.1. The molecule has 1 aromatic heterocycles. The van der Waals surface area contributed by atoms with Gasteiger partial charge in [0.15, 0.2) is 0 Å². The van der Waals surface area contributed by atoms with Crippen LogP contribution in [0, 0.1) is 6.92 Å². The van der Waals surface area contributed by atoms with Gasteiger partial charge < -0.3 is 4.74 Å². The maximum atomic E-state index is 5.28. The summed E-state index contributed by atoms with van der Waals surface area (Å²) in [5.41, 5.74) is 2.14. The summed E-state index contributed by atoms with van der Waals surface area (Å²) in [6.07, 6.45) is 1.77. The molecule has 2 aromatic rings. The Bertz CT molecular complexity index is 482. The van der Waals surface area contributed by atoms with Crippen LogP contribution in [0.15, 0.2) is 28.9 Å². The van der Waals surface area contributed by atoms with Gasteiger partial charge in [-0.2, -0.15) is 0 Å². The zero-order valence-electron chi connectivity index (χ0n) is 8.04. The molecule has 1 aromatic carbocycles. The molecule has 14 heavy (non-hydrogen) atoms. The van der Waals surface area contributed by atoms with E-state index in [-0.39, 0.29) is 0 Å². The van der Waals surface area contributed by atoms with Gasteiger partial charge in [0.2, 0.25) is 0 Å². The molecular weight excluding hydrogens is 242 g/mol. The molecule has 0 aliphatic heterocycles. The van der Waals surface area contributed by atoms with Crippen molar-refractivity contribution < 1.29 is 4.74 Å². The molecule has 0 amide bonds. The van der Waals surface area contributed by atoms with E-state index >= 15 is 0 Å². The number of hydrogen-bond acceptors (Lipinski definition) is 2. The number of hydrogen-bond donors (Lipinski definition) is 0. The predicted octanol–water partition coefficient (Wildman–Crippen LogP) is 3.31. The normalized spacial score (nSPS) is 10.5. The van der Waals surface area contributed by atoms with Crippen molar-refractivity contribution in [3.05, 3.63) is 34.4 Å². The molecule has 72 valence electrons. The monoisotopic (exact) mass is 251 g/mol. The van der Waals surface area contributed by atoms with Crippen LogP contribution in [-0.2, 0) is 0 Å². The van der Waals surface area contributed by atoms with Crippen LogP contribution in [0.25, 0.3) is 10.9 Å². The third-order valence-electron chi connectivity index (χ3n) is 2.18. The molecule has 2 rings (SSSR count). The average Bonchev–Trinajstić information content (AvgIpc) is 2.17. The molecule has 0 radical (unpaired) electrons. The van der Waals surface area contributed by atoms with E-state index < -0.39 is 0 Å². The summed E-state index contributed by atoms with van der Waals surface area (Å²) >= 11 is 3.46. The first kappa shape index (κ1) is 9.46. The van der Waals surface area contributed by atoms with Crippen molar-refractivity contribution in [2.45, 2.75) is 6.92 Å². The van der Waals surface area contributed by atoms with Gasteiger partial charge in [-0.25, -0.2) is 0 Å². The zero-order valence-corrected chi connectivity index (χ0v) is 9.63. The molecule has 0 aliphatic carbocycles. The topological polar surface area (TPSA) is 22.1 Å². The second kappa shape index (κ2) is 3.58. The molecule has 0 atom stereocenters. The molecule has 0 unspecified atom stereocenters. The summed E-state index contributed by atoms with van der Waals surface area (Å²) in [5.74, 6) is 0.861. The second-order valence-electron chi connectivity index (χ2n) is 3.13. The Morgan fingerprint density at radius 3 is 2.86 bits per heavy atom. The molecule has 1 heterocycles. The van der Waals surface area contributed by atoms with E-state index in [1.54, 1.807) is 13.3 Å². The Morgan fingerprint density at radius 2 is 2.14 bits per heavy atom. The van der Waals surface area contributed by atoms with E-state index in [1.165, 1.54) is 0 Å². The Hall–Kier alpha value is -1.09. The summed E-state index contributed by atoms with van der Waals surface area (Å²) in [6, 6.07) is 5.94. The third-order valence-corrected chi connectivity index (χ3v) is 2.64. The minimum Gasteiger partial charge on any atom is -0.496 e. The highest BCUT2D eigenvalue weighted by Crippen LogP contribution is 2.28. The number of aryl methyl sites for hydroxylation is 1. The van der Waals surface area contributed by atoms with Gasteiger partial charge in [0.1, 0.15) is 5.75 Å². The number of nitrogens with zero attached hydrogens (tertiary/aromatic N) is 1. The predicted molar refractivity (Wildman–Crippen MR) is 60.7 cm³/mol. The maximum absolute atomic E-state index is 5.28. The Kier molecular flexibility index (Phi) is 2.42. The highest BCUT2D eigenvalue weighted by atomic mass is 79.9. The Morgan fingerprint density at radius 1 is 1.36 bits per heavy atom. The van der Waals surface area contributed by atoms with Gasteiger partial charge in [-0.05, 0) is 30.7 Å². The quantitative estimate of drug-likeness (QED) is 0.776. The molecule has 2 nitrogen and oxygen atoms in total. The van der Waals surface area contributed by atoms with Gasteiger partial charge in [-0.15, -0.1) is 0 Å². The van der Waals surface area contributed by atoms with Crippen LogP contribution < -0.4 is 4.74 Å². The molecule has 0 N–H and O–H groups in total. The highest BCUT2D eigenvalue weighted by molar-refractivity contribution is 9.10. The molecule has 0 spiro atoms. The fraction of sp³-hybridized carbons (Fsp3) is 0.182. The Labute approximate surface area is 91.0 Å². The number of fused-ring (bicyclic) bond motifs is 1. The minimum atomic E-state index is 0.861. The van der Waals surface area contributed by atoms with Crippen LogP contribution >= 0.6 is 15.9 Å². The molecule has 0 saturated carbocycles. The number of pyridine rings is 1. The minimum absolute atomic E-state index is 0.861. The molecular formula is C11H10BrNO. The lowest BCUT2D eigenvalue weighted by Crippen LogP contribution is -1.89. The first-order valence-corrected chi connectivity index (χ1v) is 5.10. The van der Waals surface area contributed by atoms with Crippen molar-refractivity contribution in [1.29, 1.82) is 0 Å². The number of methoxy groups -OCH3 is 1. The number of benzene rings is 1. The lowest BCUT2D eigenvalue weighted by Gasteiger charge is -2.06. The van der Waals surface area contributed by atoms with Crippen LogP contribution in [0.5, 0.6) is 5.75 Å². The van der Waals surface area contributed by atoms with Crippen molar-refractivity contribution >= 4 is 26.8 Å². The van der Waals surface area contributed by atoms with Gasteiger partial charge in [-0.3, -0.25) is 4.98 Å². The first-order valence-electron chi connectivity index (χ1n) is 4.31. The van der Waals surface area contributed by atoms with Crippen LogP contribution in [0.1, 0.15) is 5.56 Å². The second-order valence-corrected chi connectivity index (χ2v) is 4.05. The van der Waals surface area contributed by atoms with E-state index in [0.29, 0.717) is 0 Å². The molecule has 3 heteroatoms. The van der Waals surface area contributed by atoms with E-state index in [1.807, 2.05) is 19.1 Å². The molecule has 0 fully saturated rings. The number of ether oxygens (including phenoxy) is 1. The van der Waals surface area contributed by atoms with E-state index in [4.69, 9.17) is 4.74 Å². The van der Waals surface area contributed by atoms with E-state index in [9.17, 15) is 0 Å². The summed E-state index contributed by atoms with van der Waals surface area (Å²) in [5, 5.41) is 1.04. The van der Waals surface area contributed by atoms with Crippen molar-refractivity contribution in [2.75, 3.05) is 7.11 Å². The number of aromatic nitrogens is 1. The van der Waals surface area contributed by atoms with E-state index in [2.05, 4.69) is 27.0 Å². The third kappa shape index (κ3) is 1.48. The largest absolute Gasteiger partial charge is 0.496 e. The standard InChI is InChI=1S/C11H10BrNO/c1-7-5-8(12)6-9-10(14-2)3-4-13-11(7)9/h3-6H,1-2H3. The van der Waals surface area contributed by atoms with Crippen LogP contribution in [0.2, 0.25) is 0 Å². The summed E-state index contributed by atoms with van der Waals surface area (Å²) < 4.78 is 6.33. The highest BCUT2D eigenvalue weighted by Gasteiger charge is 2.05. The summed E-state index contributed by atoms with van der Waals surface area (Å²) in [4.78, 5) is 4.33. The number of rotatable bonds is 1. The first-order chi connectivity index (χ1) is 6.72. The number of halogens is 1. The molecule has 0 bridgehead atoms. The fourth-order valence-corrected chi connectivity index (χ4v) is 2.11. The van der Waals surface area contributed by atoms with Gasteiger partial charge in [-0.1, -0.05) is 15.9 Å². The lowest BCUT2D eigenvalue weighted by atomic mass is 10.1. The molecule has 0 saturated heterocycles. The summed E-state index contributed by atoms with van der Waals surface area (Å²) in [7, 11) is 1.67. The van der Waals surface area contributed by atoms with Gasteiger partial charge in [0.25, 0.3) is 0 Å². The SMILES string of the molecule is COc1ccnc2c(C)cc(Br)cc12. The van der Waals surface area contributed by atoms with Crippen molar-refractivity contribution in [3.63, 3.8) is 0 Å². The molecule has 0 aliphatic rings. The van der Waals surface area contributed by atoms with Crippen LogP contribution in [0.3, 0.4) is 0 Å². The van der Waals surface area contributed by atoms with Crippen molar-refractivity contribution in [1.82, 2.24) is 4.98 Å². The maximum Gasteiger partial charge on any atom is 0.129 e. The van der Waals surface area contributed by atoms with Crippen LogP contribution in [0.4, 0.5) is 0 Å². The van der Waals surface area contributed by atoms with Crippen molar-refractivity contribution in [3.8, 4) is 5.75 Å². The van der Waals surface area contributed by atoms with E-state index in [0.717, 1.165) is 26.7 Å². The fourth-order valence-electron chi connectivity index (χ4n) is 1.54. The smallest absolute Gasteiger partial charge is 0.129 e. The van der Waals surface area contributed by atoms with Gasteiger partial charge in [0, 0.05) is 16.1 Å². The lowest BCUT2D eigenvalue weighted by molar-refractivity contribution is 0.419. The Balaban J connectivity index is 2.86. The van der Waals surface area contributed by atoms with Gasteiger partial charge >= 0.3 is 0 Å². The van der Waals surface area contributed by atoms with Gasteiger partial charge in [0.05, 0.1) is 12.6 Å².